The van der Waals surface area contributed by atoms with Gasteiger partial charge in [0.1, 0.15) is 0 Å². The highest BCUT2D eigenvalue weighted by atomic mass is 32.1. The highest BCUT2D eigenvalue weighted by Crippen LogP contribution is 2.23. The van der Waals surface area contributed by atoms with Gasteiger partial charge < -0.3 is 4.74 Å². The second-order valence-electron chi connectivity index (χ2n) is 2.55. The molecular formula is C9H7NO4S. The van der Waals surface area contributed by atoms with Crippen molar-refractivity contribution in [3.05, 3.63) is 22.4 Å². The third-order valence-electron chi connectivity index (χ3n) is 1.47. The Morgan fingerprint density at radius 3 is 2.80 bits per heavy atom. The summed E-state index contributed by atoms with van der Waals surface area (Å²) < 4.78 is 4.76. The largest absolute Gasteiger partial charge is 0.446 e. The van der Waals surface area contributed by atoms with E-state index < -0.39 is 18.0 Å². The molecule has 1 unspecified atom stereocenters. The fourth-order valence-corrected chi connectivity index (χ4v) is 1.68. The summed E-state index contributed by atoms with van der Waals surface area (Å²) in [4.78, 5) is 35.4. The average Bonchev–Trinajstić information content (AvgIpc) is 2.66. The average molecular weight is 225 g/mol. The molecule has 0 aliphatic heterocycles. The molecule has 1 amide bonds. The molecule has 5 nitrogen and oxygen atoms in total. The summed E-state index contributed by atoms with van der Waals surface area (Å²) in [5.74, 6) is -1.44. The molecule has 6 heteroatoms. The van der Waals surface area contributed by atoms with E-state index >= 15 is 0 Å². The molecule has 78 valence electrons. The molecule has 0 spiro atoms. The molecule has 1 rings (SSSR count). The van der Waals surface area contributed by atoms with Crippen molar-refractivity contribution >= 4 is 29.3 Å². The van der Waals surface area contributed by atoms with E-state index in [2.05, 4.69) is 4.99 Å². The maximum atomic E-state index is 11.3. The van der Waals surface area contributed by atoms with Gasteiger partial charge in [-0.05, 0) is 11.4 Å². The molecule has 15 heavy (non-hydrogen) atoms. The summed E-state index contributed by atoms with van der Waals surface area (Å²) in [7, 11) is 0. The van der Waals surface area contributed by atoms with E-state index in [1.165, 1.54) is 18.3 Å². The molecular weight excluding hydrogens is 218 g/mol. The summed E-state index contributed by atoms with van der Waals surface area (Å²) in [5, 5.41) is 1.73. The Morgan fingerprint density at radius 1 is 1.60 bits per heavy atom. The number of hydrogen-bond acceptors (Lipinski definition) is 5. The first kappa shape index (κ1) is 11.3. The molecule has 0 fully saturated rings. The van der Waals surface area contributed by atoms with Gasteiger partial charge in [0.15, 0.2) is 0 Å². The van der Waals surface area contributed by atoms with Crippen LogP contribution >= 0.6 is 11.3 Å². The fraction of sp³-hybridized carbons (Fsp3) is 0.222. The number of aliphatic imine (C=N–C) groups is 1. The van der Waals surface area contributed by atoms with Gasteiger partial charge in [-0.2, -0.15) is 0 Å². The lowest BCUT2D eigenvalue weighted by Gasteiger charge is -2.10. The van der Waals surface area contributed by atoms with Crippen molar-refractivity contribution in [1.29, 1.82) is 0 Å². The Kier molecular flexibility index (Phi) is 3.91. The van der Waals surface area contributed by atoms with Gasteiger partial charge in [-0.1, -0.05) is 6.07 Å². The Labute approximate surface area is 89.4 Å². The molecule has 1 aromatic rings. The van der Waals surface area contributed by atoms with Crippen molar-refractivity contribution in [3.63, 3.8) is 0 Å². The molecule has 0 bridgehead atoms. The van der Waals surface area contributed by atoms with Gasteiger partial charge in [0.05, 0.1) is 4.88 Å². The lowest BCUT2D eigenvalue weighted by atomic mass is 10.3. The van der Waals surface area contributed by atoms with E-state index in [9.17, 15) is 14.4 Å². The number of carbonyl (C=O) groups is 2. The third-order valence-corrected chi connectivity index (χ3v) is 2.38. The van der Waals surface area contributed by atoms with Crippen LogP contribution in [-0.2, 0) is 19.1 Å². The smallest absolute Gasteiger partial charge is 0.303 e. The predicted molar refractivity (Wildman–Crippen MR) is 52.0 cm³/mol. The highest BCUT2D eigenvalue weighted by molar-refractivity contribution is 7.10. The van der Waals surface area contributed by atoms with Crippen LogP contribution in [-0.4, -0.2) is 18.0 Å². The van der Waals surface area contributed by atoms with Crippen LogP contribution in [0.3, 0.4) is 0 Å². The maximum absolute atomic E-state index is 11.3. The molecule has 1 aromatic heterocycles. The van der Waals surface area contributed by atoms with E-state index in [1.807, 2.05) is 0 Å². The van der Waals surface area contributed by atoms with Crippen molar-refractivity contribution in [1.82, 2.24) is 0 Å². The van der Waals surface area contributed by atoms with Crippen LogP contribution in [0.2, 0.25) is 0 Å². The monoisotopic (exact) mass is 225 g/mol. The van der Waals surface area contributed by atoms with Crippen molar-refractivity contribution in [2.24, 2.45) is 4.99 Å². The number of isocyanates is 1. The van der Waals surface area contributed by atoms with Crippen LogP contribution in [0, 0.1) is 0 Å². The third kappa shape index (κ3) is 3.12. The summed E-state index contributed by atoms with van der Waals surface area (Å²) in [6.07, 6.45) is -0.0133. The molecule has 0 aliphatic carbocycles. The zero-order valence-corrected chi connectivity index (χ0v) is 8.61. The van der Waals surface area contributed by atoms with Crippen molar-refractivity contribution in [2.45, 2.75) is 13.0 Å². The summed E-state index contributed by atoms with van der Waals surface area (Å²) in [6, 6.07) is 3.32. The van der Waals surface area contributed by atoms with Gasteiger partial charge in [-0.25, -0.2) is 4.79 Å². The Morgan fingerprint density at radius 2 is 2.33 bits per heavy atom. The number of nitrogens with zero attached hydrogens (tertiary/aromatic N) is 1. The van der Waals surface area contributed by atoms with E-state index in [4.69, 9.17) is 4.74 Å². The number of esters is 1. The second-order valence-corrected chi connectivity index (χ2v) is 3.53. The number of amides is 1. The summed E-state index contributed by atoms with van der Waals surface area (Å²) in [6.45, 7) is 1.18. The molecule has 1 atom stereocenters. The minimum Gasteiger partial charge on any atom is -0.446 e. The quantitative estimate of drug-likeness (QED) is 0.440. The molecule has 0 aromatic carbocycles. The van der Waals surface area contributed by atoms with Crippen molar-refractivity contribution < 1.29 is 19.1 Å². The number of hydrogen-bond donors (Lipinski definition) is 0. The minimum atomic E-state index is -1.14. The zero-order chi connectivity index (χ0) is 11.3. The van der Waals surface area contributed by atoms with Crippen LogP contribution in [0.5, 0.6) is 0 Å². The second kappa shape index (κ2) is 5.19. The van der Waals surface area contributed by atoms with E-state index in [-0.39, 0.29) is 0 Å². The topological polar surface area (TPSA) is 72.8 Å². The normalized spacial score (nSPS) is 11.3. The summed E-state index contributed by atoms with van der Waals surface area (Å²) in [5.41, 5.74) is 0. The predicted octanol–water partition coefficient (Wildman–Crippen LogP) is 1.21. The minimum absolute atomic E-state index is 0.522. The van der Waals surface area contributed by atoms with Crippen LogP contribution in [0.1, 0.15) is 17.9 Å². The molecule has 0 N–H and O–H groups in total. The van der Waals surface area contributed by atoms with Crippen LogP contribution in [0.4, 0.5) is 0 Å². The lowest BCUT2D eigenvalue weighted by Crippen LogP contribution is -2.15. The maximum Gasteiger partial charge on any atom is 0.303 e. The fourth-order valence-electron chi connectivity index (χ4n) is 0.940. The standard InChI is InChI=1S/C9H7NO4S/c1-6(12)14-8(9(13)10-5-11)7-3-2-4-15-7/h2-4,8H,1H3. The van der Waals surface area contributed by atoms with E-state index in [0.29, 0.717) is 4.88 Å². The number of ether oxygens (including phenoxy) is 1. The van der Waals surface area contributed by atoms with Crippen molar-refractivity contribution in [2.75, 3.05) is 0 Å². The molecule has 0 radical (unpaired) electrons. The molecule has 0 saturated carbocycles. The van der Waals surface area contributed by atoms with E-state index in [0.717, 1.165) is 6.08 Å². The first-order chi connectivity index (χ1) is 7.15. The SMILES string of the molecule is CC(=O)OC(C(=O)N=C=O)c1cccs1. The van der Waals surface area contributed by atoms with Gasteiger partial charge in [0.25, 0.3) is 0 Å². The molecule has 0 aliphatic rings. The van der Waals surface area contributed by atoms with Gasteiger partial charge >= 0.3 is 11.9 Å². The lowest BCUT2D eigenvalue weighted by molar-refractivity contribution is -0.152. The first-order valence-electron chi connectivity index (χ1n) is 3.97. The van der Waals surface area contributed by atoms with Crippen LogP contribution < -0.4 is 0 Å². The highest BCUT2D eigenvalue weighted by Gasteiger charge is 2.24. The van der Waals surface area contributed by atoms with Gasteiger partial charge in [0.2, 0.25) is 12.2 Å². The summed E-state index contributed by atoms with van der Waals surface area (Å²) >= 11 is 1.24. The van der Waals surface area contributed by atoms with Crippen LogP contribution in [0.15, 0.2) is 22.5 Å². The number of rotatable bonds is 3. The van der Waals surface area contributed by atoms with Gasteiger partial charge in [-0.15, -0.1) is 16.3 Å². The van der Waals surface area contributed by atoms with Gasteiger partial charge in [-0.3, -0.25) is 9.59 Å². The molecule has 1 heterocycles. The van der Waals surface area contributed by atoms with Gasteiger partial charge in [0, 0.05) is 6.92 Å². The number of thiophene rings is 1. The Balaban J connectivity index is 2.92. The Bertz CT molecular complexity index is 406. The molecule has 0 saturated heterocycles. The number of carbonyl (C=O) groups excluding carboxylic acids is 3. The Hall–Kier alpha value is -1.78. The van der Waals surface area contributed by atoms with Crippen molar-refractivity contribution in [3.8, 4) is 0 Å². The van der Waals surface area contributed by atoms with Crippen LogP contribution in [0.25, 0.3) is 0 Å². The zero-order valence-electron chi connectivity index (χ0n) is 7.80. The van der Waals surface area contributed by atoms with E-state index in [1.54, 1.807) is 17.5 Å². The first-order valence-corrected chi connectivity index (χ1v) is 4.85.